The number of amides is 1. The molecular weight excluding hydrogens is 240 g/mol. The smallest absolute Gasteiger partial charge is 0.266 e. The van der Waals surface area contributed by atoms with Gasteiger partial charge in [-0.15, -0.1) is 0 Å². The number of nitrogens with two attached hydrogens (primary N) is 1. The summed E-state index contributed by atoms with van der Waals surface area (Å²) in [5.74, 6) is 4.79. The Morgan fingerprint density at radius 2 is 2.32 bits per heavy atom. The molecule has 0 unspecified atom stereocenters. The van der Waals surface area contributed by atoms with Crippen molar-refractivity contribution in [3.05, 3.63) is 29.6 Å². The first-order valence-corrected chi connectivity index (χ1v) is 6.94. The second kappa shape index (κ2) is 6.63. The lowest BCUT2D eigenvalue weighted by atomic mass is 10.2. The molecule has 2 rings (SSSR count). The average Bonchev–Trinajstić information content (AvgIpc) is 3.28. The van der Waals surface area contributed by atoms with Crippen LogP contribution in [-0.4, -0.2) is 28.4 Å². The summed E-state index contributed by atoms with van der Waals surface area (Å²) in [6, 6.07) is 4.42. The van der Waals surface area contributed by atoms with Crippen LogP contribution in [0.1, 0.15) is 48.7 Å². The zero-order chi connectivity index (χ0) is 13.7. The molecule has 0 atom stereocenters. The number of hydrogen-bond acceptors (Lipinski definition) is 4. The van der Waals surface area contributed by atoms with Crippen LogP contribution in [-0.2, 0) is 6.54 Å². The third-order valence-corrected chi connectivity index (χ3v) is 3.45. The van der Waals surface area contributed by atoms with Gasteiger partial charge in [0.25, 0.3) is 5.91 Å². The normalized spacial score (nSPS) is 14.7. The van der Waals surface area contributed by atoms with E-state index >= 15 is 0 Å². The number of nitrogens with one attached hydrogen (secondary N) is 1. The Kier molecular flexibility index (Phi) is 4.87. The van der Waals surface area contributed by atoms with Crippen LogP contribution >= 0.6 is 0 Å². The molecule has 3 N–H and O–H groups in total. The van der Waals surface area contributed by atoms with Crippen LogP contribution in [0.3, 0.4) is 0 Å². The van der Waals surface area contributed by atoms with Gasteiger partial charge in [0.15, 0.2) is 0 Å². The molecule has 1 aromatic rings. The molecule has 0 bridgehead atoms. The molecule has 19 heavy (non-hydrogen) atoms. The Hall–Kier alpha value is -1.46. The largest absolute Gasteiger partial charge is 0.295 e. The number of pyridine rings is 1. The van der Waals surface area contributed by atoms with Crippen LogP contribution < -0.4 is 11.3 Å². The third-order valence-electron chi connectivity index (χ3n) is 3.45. The number of rotatable bonds is 7. The highest BCUT2D eigenvalue weighted by molar-refractivity contribution is 5.93. The fraction of sp³-hybridized carbons (Fsp3) is 0.571. The molecule has 1 amide bonds. The lowest BCUT2D eigenvalue weighted by Crippen LogP contribution is -2.30. The van der Waals surface area contributed by atoms with E-state index in [0.717, 1.165) is 24.8 Å². The number of hydrazine groups is 1. The summed E-state index contributed by atoms with van der Waals surface area (Å²) in [5.41, 5.74) is 3.62. The van der Waals surface area contributed by atoms with Crippen molar-refractivity contribution in [1.29, 1.82) is 0 Å². The maximum atomic E-state index is 11.3. The first-order chi connectivity index (χ1) is 9.24. The van der Waals surface area contributed by atoms with E-state index in [1.54, 1.807) is 12.3 Å². The summed E-state index contributed by atoms with van der Waals surface area (Å²) >= 11 is 0. The molecule has 1 fully saturated rings. The first kappa shape index (κ1) is 14.0. The summed E-state index contributed by atoms with van der Waals surface area (Å²) in [6.45, 7) is 4.21. The van der Waals surface area contributed by atoms with E-state index < -0.39 is 0 Å². The van der Waals surface area contributed by atoms with Gasteiger partial charge in [-0.3, -0.25) is 20.1 Å². The Labute approximate surface area is 114 Å². The van der Waals surface area contributed by atoms with E-state index in [1.807, 2.05) is 6.07 Å². The second-order valence-corrected chi connectivity index (χ2v) is 5.07. The predicted molar refractivity (Wildman–Crippen MR) is 74.2 cm³/mol. The van der Waals surface area contributed by atoms with Crippen LogP contribution in [0.25, 0.3) is 0 Å². The van der Waals surface area contributed by atoms with Crippen molar-refractivity contribution >= 4 is 5.91 Å². The van der Waals surface area contributed by atoms with Gasteiger partial charge in [-0.1, -0.05) is 13.3 Å². The van der Waals surface area contributed by atoms with Crippen LogP contribution in [0.15, 0.2) is 18.3 Å². The summed E-state index contributed by atoms with van der Waals surface area (Å²) in [7, 11) is 0. The Balaban J connectivity index is 1.95. The van der Waals surface area contributed by atoms with Gasteiger partial charge in [-0.05, 0) is 37.9 Å². The maximum absolute atomic E-state index is 11.3. The Morgan fingerprint density at radius 1 is 1.53 bits per heavy atom. The van der Waals surface area contributed by atoms with E-state index in [4.69, 9.17) is 5.84 Å². The standard InChI is InChI=1S/C14H22N4O/c1-2-3-8-18(13-6-7-13)10-12-5-4-11(9-16-12)14(19)17-15/h4-5,9,13H,2-3,6-8,10,15H2,1H3,(H,17,19). The lowest BCUT2D eigenvalue weighted by molar-refractivity contribution is 0.0953. The van der Waals surface area contributed by atoms with Crippen molar-refractivity contribution in [1.82, 2.24) is 15.3 Å². The molecule has 0 radical (unpaired) electrons. The zero-order valence-corrected chi connectivity index (χ0v) is 11.4. The molecule has 0 aliphatic heterocycles. The van der Waals surface area contributed by atoms with E-state index in [-0.39, 0.29) is 5.91 Å². The number of hydrogen-bond donors (Lipinski definition) is 2. The lowest BCUT2D eigenvalue weighted by Gasteiger charge is -2.21. The van der Waals surface area contributed by atoms with Crippen molar-refractivity contribution in [2.75, 3.05) is 6.54 Å². The molecule has 0 saturated heterocycles. The van der Waals surface area contributed by atoms with Crippen molar-refractivity contribution in [3.8, 4) is 0 Å². The number of carbonyl (C=O) groups excluding carboxylic acids is 1. The van der Waals surface area contributed by atoms with Crippen LogP contribution in [0.2, 0.25) is 0 Å². The van der Waals surface area contributed by atoms with Gasteiger partial charge in [0, 0.05) is 18.8 Å². The fourth-order valence-corrected chi connectivity index (χ4v) is 2.14. The van der Waals surface area contributed by atoms with E-state index in [9.17, 15) is 4.79 Å². The van der Waals surface area contributed by atoms with Gasteiger partial charge in [-0.2, -0.15) is 0 Å². The molecule has 5 nitrogen and oxygen atoms in total. The molecule has 1 saturated carbocycles. The molecule has 1 aliphatic rings. The molecule has 5 heteroatoms. The van der Waals surface area contributed by atoms with Gasteiger partial charge in [-0.25, -0.2) is 5.84 Å². The number of unbranched alkanes of at least 4 members (excludes halogenated alkanes) is 1. The Morgan fingerprint density at radius 3 is 2.84 bits per heavy atom. The Bertz CT molecular complexity index is 414. The highest BCUT2D eigenvalue weighted by atomic mass is 16.2. The fourth-order valence-electron chi connectivity index (χ4n) is 2.14. The summed E-state index contributed by atoms with van der Waals surface area (Å²) < 4.78 is 0. The van der Waals surface area contributed by atoms with E-state index in [1.165, 1.54) is 25.7 Å². The van der Waals surface area contributed by atoms with Crippen LogP contribution in [0.4, 0.5) is 0 Å². The zero-order valence-electron chi connectivity index (χ0n) is 11.4. The second-order valence-electron chi connectivity index (χ2n) is 5.07. The quantitative estimate of drug-likeness (QED) is 0.443. The van der Waals surface area contributed by atoms with Crippen molar-refractivity contribution in [2.45, 2.75) is 45.2 Å². The van der Waals surface area contributed by atoms with Gasteiger partial charge >= 0.3 is 0 Å². The molecule has 1 aromatic heterocycles. The number of aromatic nitrogens is 1. The number of carbonyl (C=O) groups is 1. The maximum Gasteiger partial charge on any atom is 0.266 e. The summed E-state index contributed by atoms with van der Waals surface area (Å²) in [4.78, 5) is 18.2. The van der Waals surface area contributed by atoms with Crippen molar-refractivity contribution in [3.63, 3.8) is 0 Å². The van der Waals surface area contributed by atoms with Gasteiger partial charge in [0.2, 0.25) is 0 Å². The molecule has 1 heterocycles. The van der Waals surface area contributed by atoms with E-state index in [0.29, 0.717) is 5.56 Å². The highest BCUT2D eigenvalue weighted by Crippen LogP contribution is 2.28. The summed E-state index contributed by atoms with van der Waals surface area (Å²) in [5, 5.41) is 0. The number of nitrogen functional groups attached to an aromatic ring is 1. The third kappa shape index (κ3) is 4.01. The summed E-state index contributed by atoms with van der Waals surface area (Å²) in [6.07, 6.45) is 6.63. The van der Waals surface area contributed by atoms with Crippen molar-refractivity contribution in [2.24, 2.45) is 5.84 Å². The minimum atomic E-state index is -0.302. The van der Waals surface area contributed by atoms with Gasteiger partial charge < -0.3 is 0 Å². The van der Waals surface area contributed by atoms with Crippen molar-refractivity contribution < 1.29 is 4.79 Å². The van der Waals surface area contributed by atoms with Crippen LogP contribution in [0.5, 0.6) is 0 Å². The molecular formula is C14H22N4O. The van der Waals surface area contributed by atoms with E-state index in [2.05, 4.69) is 22.2 Å². The minimum Gasteiger partial charge on any atom is -0.295 e. The molecule has 0 spiro atoms. The average molecular weight is 262 g/mol. The molecule has 0 aromatic carbocycles. The predicted octanol–water partition coefficient (Wildman–Crippen LogP) is 1.45. The van der Waals surface area contributed by atoms with Crippen LogP contribution in [0, 0.1) is 0 Å². The molecule has 1 aliphatic carbocycles. The van der Waals surface area contributed by atoms with Gasteiger partial charge in [0.1, 0.15) is 0 Å². The number of nitrogens with zero attached hydrogens (tertiary/aromatic N) is 2. The van der Waals surface area contributed by atoms with Gasteiger partial charge in [0.05, 0.1) is 11.3 Å². The highest BCUT2D eigenvalue weighted by Gasteiger charge is 2.28. The topological polar surface area (TPSA) is 71.2 Å². The first-order valence-electron chi connectivity index (χ1n) is 6.94. The SMILES string of the molecule is CCCCN(Cc1ccc(C(=O)NN)cn1)C1CC1. The monoisotopic (exact) mass is 262 g/mol. The molecule has 104 valence electrons. The minimum absolute atomic E-state index is 0.302.